The number of ether oxygens (including phenoxy) is 1. The topological polar surface area (TPSA) is 61.3 Å². The smallest absolute Gasteiger partial charge is 0.230 e. The van der Waals surface area contributed by atoms with Crippen molar-refractivity contribution in [2.75, 3.05) is 5.73 Å². The predicted molar refractivity (Wildman–Crippen MR) is 60.0 cm³/mol. The van der Waals surface area contributed by atoms with E-state index >= 15 is 0 Å². The minimum atomic E-state index is 0.326. The highest BCUT2D eigenvalue weighted by molar-refractivity contribution is 5.76. The van der Waals surface area contributed by atoms with E-state index in [1.165, 1.54) is 0 Å². The van der Waals surface area contributed by atoms with Crippen LogP contribution in [0.4, 0.5) is 5.88 Å². The van der Waals surface area contributed by atoms with Gasteiger partial charge in [0.05, 0.1) is 17.9 Å². The molecule has 4 nitrogen and oxygen atoms in total. The molecule has 1 aliphatic rings. The summed E-state index contributed by atoms with van der Waals surface area (Å²) in [6.45, 7) is 0. The molecule has 1 heterocycles. The van der Waals surface area contributed by atoms with Crippen LogP contribution in [-0.4, -0.2) is 11.3 Å². The zero-order valence-corrected chi connectivity index (χ0v) is 8.72. The first-order valence-corrected chi connectivity index (χ1v) is 5.31. The van der Waals surface area contributed by atoms with Gasteiger partial charge in [0.1, 0.15) is 5.75 Å². The Bertz CT molecular complexity index is 503. The number of nitrogens with two attached hydrogens (primary N) is 1. The van der Waals surface area contributed by atoms with E-state index in [-0.39, 0.29) is 0 Å². The van der Waals surface area contributed by atoms with Gasteiger partial charge in [0, 0.05) is 5.56 Å². The van der Waals surface area contributed by atoms with Crippen LogP contribution < -0.4 is 10.5 Å². The molecule has 82 valence electrons. The van der Waals surface area contributed by atoms with Crippen molar-refractivity contribution in [2.45, 2.75) is 18.9 Å². The number of benzene rings is 1. The van der Waals surface area contributed by atoms with Crippen molar-refractivity contribution in [3.8, 4) is 16.9 Å². The first-order chi connectivity index (χ1) is 7.84. The second-order valence-electron chi connectivity index (χ2n) is 3.92. The fourth-order valence-corrected chi connectivity index (χ4v) is 1.61. The van der Waals surface area contributed by atoms with E-state index in [4.69, 9.17) is 15.0 Å². The Kier molecular flexibility index (Phi) is 2.06. The van der Waals surface area contributed by atoms with Crippen LogP contribution in [0.5, 0.6) is 5.75 Å². The summed E-state index contributed by atoms with van der Waals surface area (Å²) in [5, 5.41) is 3.68. The predicted octanol–water partition coefficient (Wildman–Crippen LogP) is 2.46. The second-order valence-corrected chi connectivity index (χ2v) is 3.92. The van der Waals surface area contributed by atoms with Crippen LogP contribution in [0.1, 0.15) is 12.8 Å². The fraction of sp³-hybridized carbons (Fsp3) is 0.250. The molecule has 1 fully saturated rings. The molecule has 0 amide bonds. The van der Waals surface area contributed by atoms with Gasteiger partial charge >= 0.3 is 0 Å². The molecular formula is C12H12N2O2. The number of anilines is 1. The van der Waals surface area contributed by atoms with Crippen LogP contribution in [0, 0.1) is 0 Å². The van der Waals surface area contributed by atoms with Gasteiger partial charge in [0.15, 0.2) is 0 Å². The Morgan fingerprint density at radius 2 is 2.06 bits per heavy atom. The molecule has 2 N–H and O–H groups in total. The zero-order valence-electron chi connectivity index (χ0n) is 8.72. The molecule has 1 aliphatic carbocycles. The van der Waals surface area contributed by atoms with Gasteiger partial charge < -0.3 is 15.0 Å². The number of para-hydroxylation sites is 1. The molecule has 2 aromatic rings. The Balaban J connectivity index is 2.01. The molecule has 1 aromatic heterocycles. The highest BCUT2D eigenvalue weighted by Gasteiger charge is 2.25. The number of nitrogens with zero attached hydrogens (tertiary/aromatic N) is 1. The summed E-state index contributed by atoms with van der Waals surface area (Å²) in [6.07, 6.45) is 4.24. The zero-order chi connectivity index (χ0) is 11.0. The molecule has 0 spiro atoms. The molecule has 0 atom stereocenters. The van der Waals surface area contributed by atoms with Crippen molar-refractivity contribution in [3.63, 3.8) is 0 Å². The van der Waals surface area contributed by atoms with Gasteiger partial charge in [-0.3, -0.25) is 0 Å². The van der Waals surface area contributed by atoms with Crippen molar-refractivity contribution in [3.05, 3.63) is 30.5 Å². The summed E-state index contributed by atoms with van der Waals surface area (Å²) in [5.41, 5.74) is 7.43. The van der Waals surface area contributed by atoms with Crippen molar-refractivity contribution in [1.82, 2.24) is 5.16 Å². The standard InChI is InChI=1S/C12H12N2O2/c13-12-10(7-14-16-12)9-3-1-2-4-11(9)15-8-5-6-8/h1-4,7-8H,5-6,13H2. The third kappa shape index (κ3) is 1.62. The molecular weight excluding hydrogens is 204 g/mol. The van der Waals surface area contributed by atoms with Crippen LogP contribution >= 0.6 is 0 Å². The van der Waals surface area contributed by atoms with Crippen molar-refractivity contribution in [1.29, 1.82) is 0 Å². The van der Waals surface area contributed by atoms with Gasteiger partial charge in [0.25, 0.3) is 0 Å². The monoisotopic (exact) mass is 216 g/mol. The summed E-state index contributed by atoms with van der Waals surface area (Å²) in [6, 6.07) is 7.80. The number of hydrogen-bond donors (Lipinski definition) is 1. The first-order valence-electron chi connectivity index (χ1n) is 5.31. The van der Waals surface area contributed by atoms with Gasteiger partial charge in [-0.05, 0) is 18.9 Å². The maximum absolute atomic E-state index is 5.81. The van der Waals surface area contributed by atoms with Crippen LogP contribution in [0.2, 0.25) is 0 Å². The van der Waals surface area contributed by atoms with E-state index in [2.05, 4.69) is 5.16 Å². The van der Waals surface area contributed by atoms with E-state index in [9.17, 15) is 0 Å². The van der Waals surface area contributed by atoms with Crippen molar-refractivity contribution in [2.24, 2.45) is 0 Å². The Hall–Kier alpha value is -1.97. The lowest BCUT2D eigenvalue weighted by atomic mass is 10.1. The van der Waals surface area contributed by atoms with E-state index < -0.39 is 0 Å². The molecule has 0 bridgehead atoms. The van der Waals surface area contributed by atoms with Crippen LogP contribution in [-0.2, 0) is 0 Å². The SMILES string of the molecule is Nc1oncc1-c1ccccc1OC1CC1. The summed E-state index contributed by atoms with van der Waals surface area (Å²) < 4.78 is 10.7. The number of rotatable bonds is 3. The van der Waals surface area contributed by atoms with E-state index in [1.54, 1.807) is 6.20 Å². The summed E-state index contributed by atoms with van der Waals surface area (Å²) >= 11 is 0. The average Bonchev–Trinajstić information content (AvgIpc) is 3.00. The van der Waals surface area contributed by atoms with Crippen LogP contribution in [0.15, 0.2) is 35.0 Å². The summed E-state index contributed by atoms with van der Waals surface area (Å²) in [5.74, 6) is 1.17. The highest BCUT2D eigenvalue weighted by atomic mass is 16.5. The lowest BCUT2D eigenvalue weighted by Gasteiger charge is -2.09. The highest BCUT2D eigenvalue weighted by Crippen LogP contribution is 2.36. The first kappa shape index (κ1) is 9.27. The number of nitrogen functional groups attached to an aromatic ring is 1. The molecule has 1 aromatic carbocycles. The van der Waals surface area contributed by atoms with Gasteiger partial charge in [-0.25, -0.2) is 0 Å². The summed E-state index contributed by atoms with van der Waals surface area (Å²) in [7, 11) is 0. The third-order valence-electron chi connectivity index (χ3n) is 2.59. The lowest BCUT2D eigenvalue weighted by Crippen LogP contribution is -1.97. The Morgan fingerprint density at radius 1 is 1.25 bits per heavy atom. The molecule has 0 unspecified atom stereocenters. The lowest BCUT2D eigenvalue weighted by molar-refractivity contribution is 0.304. The van der Waals surface area contributed by atoms with Gasteiger partial charge in [-0.15, -0.1) is 0 Å². The van der Waals surface area contributed by atoms with Gasteiger partial charge in [-0.2, -0.15) is 0 Å². The Labute approximate surface area is 93.0 Å². The molecule has 3 rings (SSSR count). The average molecular weight is 216 g/mol. The normalized spacial score (nSPS) is 15.0. The van der Waals surface area contributed by atoms with Gasteiger partial charge in [-0.1, -0.05) is 23.4 Å². The van der Waals surface area contributed by atoms with Crippen LogP contribution in [0.3, 0.4) is 0 Å². The third-order valence-corrected chi connectivity index (χ3v) is 2.59. The molecule has 0 saturated heterocycles. The van der Waals surface area contributed by atoms with Gasteiger partial charge in [0.2, 0.25) is 5.88 Å². The second kappa shape index (κ2) is 3.56. The molecule has 4 heteroatoms. The van der Waals surface area contributed by atoms with Crippen molar-refractivity contribution < 1.29 is 9.26 Å². The number of aromatic nitrogens is 1. The minimum Gasteiger partial charge on any atom is -0.490 e. The molecule has 0 radical (unpaired) electrons. The fourth-order valence-electron chi connectivity index (χ4n) is 1.61. The maximum atomic E-state index is 5.81. The molecule has 1 saturated carbocycles. The molecule has 16 heavy (non-hydrogen) atoms. The minimum absolute atomic E-state index is 0.326. The number of hydrogen-bond acceptors (Lipinski definition) is 4. The van der Waals surface area contributed by atoms with E-state index in [0.29, 0.717) is 12.0 Å². The quantitative estimate of drug-likeness (QED) is 0.856. The van der Waals surface area contributed by atoms with Crippen molar-refractivity contribution >= 4 is 5.88 Å². The maximum Gasteiger partial charge on any atom is 0.230 e. The van der Waals surface area contributed by atoms with E-state index in [0.717, 1.165) is 29.7 Å². The van der Waals surface area contributed by atoms with Crippen LogP contribution in [0.25, 0.3) is 11.1 Å². The summed E-state index contributed by atoms with van der Waals surface area (Å²) in [4.78, 5) is 0. The van der Waals surface area contributed by atoms with E-state index in [1.807, 2.05) is 24.3 Å². The molecule has 0 aliphatic heterocycles. The largest absolute Gasteiger partial charge is 0.490 e. The Morgan fingerprint density at radius 3 is 2.75 bits per heavy atom.